The highest BCUT2D eigenvalue weighted by Crippen LogP contribution is 2.20. The molecule has 0 radical (unpaired) electrons. The topological polar surface area (TPSA) is 48.9 Å². The number of ether oxygens (including phenoxy) is 1. The monoisotopic (exact) mass is 474 g/mol. The lowest BCUT2D eigenvalue weighted by atomic mass is 10.1. The molecular formula is C20H35IN4O. The van der Waals surface area contributed by atoms with E-state index in [4.69, 9.17) is 9.73 Å². The summed E-state index contributed by atoms with van der Waals surface area (Å²) in [5.41, 5.74) is 2.31. The van der Waals surface area contributed by atoms with E-state index in [0.29, 0.717) is 12.5 Å². The van der Waals surface area contributed by atoms with E-state index in [1.807, 2.05) is 0 Å². The first-order valence-electron chi connectivity index (χ1n) is 9.54. The van der Waals surface area contributed by atoms with Gasteiger partial charge in [0.15, 0.2) is 5.96 Å². The summed E-state index contributed by atoms with van der Waals surface area (Å²) in [7, 11) is 1.72. The van der Waals surface area contributed by atoms with Crippen molar-refractivity contribution in [1.29, 1.82) is 0 Å². The molecule has 2 N–H and O–H groups in total. The molecule has 0 saturated carbocycles. The molecule has 6 heteroatoms. The second kappa shape index (κ2) is 12.4. The largest absolute Gasteiger partial charge is 0.496 e. The predicted molar refractivity (Wildman–Crippen MR) is 121 cm³/mol. The first-order chi connectivity index (χ1) is 12.2. The van der Waals surface area contributed by atoms with Crippen molar-refractivity contribution in [3.05, 3.63) is 29.3 Å². The zero-order valence-electron chi connectivity index (χ0n) is 16.7. The molecule has 0 amide bonds. The minimum atomic E-state index is 0. The highest BCUT2D eigenvalue weighted by molar-refractivity contribution is 14.0. The number of aliphatic imine (C=N–C) groups is 1. The van der Waals surface area contributed by atoms with Gasteiger partial charge in [-0.1, -0.05) is 19.1 Å². The smallest absolute Gasteiger partial charge is 0.191 e. The fraction of sp³-hybridized carbons (Fsp3) is 0.650. The van der Waals surface area contributed by atoms with Gasteiger partial charge in [0.1, 0.15) is 5.75 Å². The number of nitrogens with one attached hydrogen (secondary N) is 2. The number of nitrogens with zero attached hydrogens (tertiary/aromatic N) is 2. The molecule has 1 aromatic rings. The summed E-state index contributed by atoms with van der Waals surface area (Å²) >= 11 is 0. The number of benzene rings is 1. The van der Waals surface area contributed by atoms with Crippen LogP contribution >= 0.6 is 24.0 Å². The van der Waals surface area contributed by atoms with Gasteiger partial charge in [0.05, 0.1) is 13.7 Å². The molecule has 0 spiro atoms. The lowest BCUT2D eigenvalue weighted by Gasteiger charge is -2.17. The van der Waals surface area contributed by atoms with Crippen molar-refractivity contribution < 1.29 is 4.74 Å². The van der Waals surface area contributed by atoms with Crippen molar-refractivity contribution in [3.8, 4) is 5.75 Å². The van der Waals surface area contributed by atoms with Crippen LogP contribution in [0.5, 0.6) is 5.75 Å². The van der Waals surface area contributed by atoms with Gasteiger partial charge in [-0.3, -0.25) is 0 Å². The van der Waals surface area contributed by atoms with E-state index in [9.17, 15) is 0 Å². The quantitative estimate of drug-likeness (QED) is 0.345. The van der Waals surface area contributed by atoms with Crippen LogP contribution in [-0.2, 0) is 6.54 Å². The average Bonchev–Trinajstić information content (AvgIpc) is 3.06. The lowest BCUT2D eigenvalue weighted by Crippen LogP contribution is -2.40. The first-order valence-corrected chi connectivity index (χ1v) is 9.54. The van der Waals surface area contributed by atoms with E-state index in [0.717, 1.165) is 30.4 Å². The highest BCUT2D eigenvalue weighted by atomic mass is 127. The van der Waals surface area contributed by atoms with Gasteiger partial charge in [-0.15, -0.1) is 24.0 Å². The third-order valence-electron chi connectivity index (χ3n) is 4.66. The summed E-state index contributed by atoms with van der Waals surface area (Å²) in [6, 6.07) is 6.27. The molecule has 26 heavy (non-hydrogen) atoms. The summed E-state index contributed by atoms with van der Waals surface area (Å²) in [4.78, 5) is 7.30. The Morgan fingerprint density at radius 2 is 2.12 bits per heavy atom. The molecule has 1 unspecified atom stereocenters. The Morgan fingerprint density at radius 3 is 2.81 bits per heavy atom. The Balaban J connectivity index is 0.00000338. The molecule has 1 aromatic carbocycles. The summed E-state index contributed by atoms with van der Waals surface area (Å²) < 4.78 is 5.48. The van der Waals surface area contributed by atoms with Crippen LogP contribution in [0.15, 0.2) is 23.2 Å². The van der Waals surface area contributed by atoms with Crippen molar-refractivity contribution >= 4 is 29.9 Å². The van der Waals surface area contributed by atoms with Gasteiger partial charge in [-0.25, -0.2) is 4.99 Å². The van der Waals surface area contributed by atoms with E-state index in [-0.39, 0.29) is 24.0 Å². The maximum atomic E-state index is 5.48. The number of methoxy groups -OCH3 is 1. The van der Waals surface area contributed by atoms with E-state index in [1.54, 1.807) is 7.11 Å². The van der Waals surface area contributed by atoms with E-state index in [2.05, 4.69) is 54.5 Å². The standard InChI is InChI=1S/C20H34N4O.HI/c1-5-10-24-11-9-17(15-24)13-22-20(21-6-2)23-14-18-8-7-16(3)12-19(18)25-4;/h7-8,12,17H,5-6,9-11,13-15H2,1-4H3,(H2,21,22,23);1H. The Kier molecular flexibility index (Phi) is 11.0. The molecule has 1 heterocycles. The van der Waals surface area contributed by atoms with Gasteiger partial charge >= 0.3 is 0 Å². The van der Waals surface area contributed by atoms with Crippen LogP contribution in [-0.4, -0.2) is 50.7 Å². The number of aryl methyl sites for hydroxylation is 1. The Morgan fingerprint density at radius 1 is 1.31 bits per heavy atom. The zero-order chi connectivity index (χ0) is 18.1. The number of hydrogen-bond acceptors (Lipinski definition) is 3. The Bertz CT molecular complexity index is 565. The summed E-state index contributed by atoms with van der Waals surface area (Å²) in [6.45, 7) is 12.5. The molecule has 2 rings (SSSR count). The van der Waals surface area contributed by atoms with Crippen molar-refractivity contribution in [2.75, 3.05) is 39.8 Å². The van der Waals surface area contributed by atoms with Gasteiger partial charge in [-0.05, 0) is 57.3 Å². The van der Waals surface area contributed by atoms with Crippen molar-refractivity contribution in [1.82, 2.24) is 15.5 Å². The maximum Gasteiger partial charge on any atom is 0.191 e. The van der Waals surface area contributed by atoms with Crippen LogP contribution in [0.25, 0.3) is 0 Å². The Labute approximate surface area is 176 Å². The van der Waals surface area contributed by atoms with Crippen LogP contribution in [0.2, 0.25) is 0 Å². The van der Waals surface area contributed by atoms with Gasteiger partial charge < -0.3 is 20.3 Å². The highest BCUT2D eigenvalue weighted by Gasteiger charge is 2.21. The minimum Gasteiger partial charge on any atom is -0.496 e. The SMILES string of the molecule is CCCN1CCC(CNC(=NCc2ccc(C)cc2OC)NCC)C1.I. The second-order valence-corrected chi connectivity index (χ2v) is 6.85. The fourth-order valence-corrected chi connectivity index (χ4v) is 3.33. The number of guanidine groups is 1. The number of halogens is 1. The molecule has 1 fully saturated rings. The van der Waals surface area contributed by atoms with Crippen LogP contribution in [0.1, 0.15) is 37.8 Å². The van der Waals surface area contributed by atoms with Gasteiger partial charge in [0, 0.05) is 25.2 Å². The second-order valence-electron chi connectivity index (χ2n) is 6.85. The summed E-state index contributed by atoms with van der Waals surface area (Å²) in [6.07, 6.45) is 2.51. The molecule has 0 aliphatic carbocycles. The fourth-order valence-electron chi connectivity index (χ4n) is 3.33. The maximum absolute atomic E-state index is 5.48. The molecule has 5 nitrogen and oxygen atoms in total. The van der Waals surface area contributed by atoms with Crippen LogP contribution in [0, 0.1) is 12.8 Å². The number of likely N-dealkylation sites (tertiary alicyclic amines) is 1. The van der Waals surface area contributed by atoms with Crippen molar-refractivity contribution in [2.24, 2.45) is 10.9 Å². The van der Waals surface area contributed by atoms with Crippen molar-refractivity contribution in [2.45, 2.75) is 40.2 Å². The van der Waals surface area contributed by atoms with Gasteiger partial charge in [-0.2, -0.15) is 0 Å². The molecule has 1 saturated heterocycles. The summed E-state index contributed by atoms with van der Waals surface area (Å²) in [5.74, 6) is 2.51. The molecule has 1 atom stereocenters. The van der Waals surface area contributed by atoms with Crippen LogP contribution < -0.4 is 15.4 Å². The normalized spacial score (nSPS) is 17.7. The van der Waals surface area contributed by atoms with Crippen LogP contribution in [0.3, 0.4) is 0 Å². The third-order valence-corrected chi connectivity index (χ3v) is 4.66. The number of hydrogen-bond donors (Lipinski definition) is 2. The van der Waals surface area contributed by atoms with Gasteiger partial charge in [0.25, 0.3) is 0 Å². The molecule has 1 aliphatic rings. The van der Waals surface area contributed by atoms with E-state index < -0.39 is 0 Å². The third kappa shape index (κ3) is 7.31. The molecule has 0 bridgehead atoms. The molecule has 1 aliphatic heterocycles. The summed E-state index contributed by atoms with van der Waals surface area (Å²) in [5, 5.41) is 6.86. The van der Waals surface area contributed by atoms with E-state index in [1.165, 1.54) is 38.0 Å². The van der Waals surface area contributed by atoms with E-state index >= 15 is 0 Å². The predicted octanol–water partition coefficient (Wildman–Crippen LogP) is 3.41. The average molecular weight is 474 g/mol. The van der Waals surface area contributed by atoms with Crippen LogP contribution in [0.4, 0.5) is 0 Å². The first kappa shape index (κ1) is 23.0. The molecular weight excluding hydrogens is 439 g/mol. The number of rotatable bonds is 8. The zero-order valence-corrected chi connectivity index (χ0v) is 19.0. The van der Waals surface area contributed by atoms with Crippen molar-refractivity contribution in [3.63, 3.8) is 0 Å². The molecule has 148 valence electrons. The molecule has 0 aromatic heterocycles. The lowest BCUT2D eigenvalue weighted by molar-refractivity contribution is 0.324. The minimum absolute atomic E-state index is 0. The van der Waals surface area contributed by atoms with Gasteiger partial charge in [0.2, 0.25) is 0 Å². The Hall–Kier alpha value is -1.02.